The normalized spacial score (nSPS) is 10.3. The molecule has 0 saturated heterocycles. The molecule has 0 amide bonds. The smallest absolute Gasteiger partial charge is 0.101 e. The van der Waals surface area contributed by atoms with E-state index in [9.17, 15) is 0 Å². The highest BCUT2D eigenvalue weighted by atomic mass is 79.9. The number of hydrogen-bond donors (Lipinski definition) is 1. The number of halogens is 1. The van der Waals surface area contributed by atoms with Crippen LogP contribution in [0.1, 0.15) is 30.9 Å². The summed E-state index contributed by atoms with van der Waals surface area (Å²) in [5.41, 5.74) is 3.74. The van der Waals surface area contributed by atoms with Crippen molar-refractivity contribution in [3.63, 3.8) is 0 Å². The van der Waals surface area contributed by atoms with Gasteiger partial charge in [-0.3, -0.25) is 0 Å². The van der Waals surface area contributed by atoms with Gasteiger partial charge in [0.25, 0.3) is 0 Å². The van der Waals surface area contributed by atoms with Gasteiger partial charge in [0, 0.05) is 10.2 Å². The van der Waals surface area contributed by atoms with E-state index in [4.69, 9.17) is 5.26 Å². The molecule has 0 aromatic heterocycles. The van der Waals surface area contributed by atoms with Crippen LogP contribution in [0.15, 0.2) is 46.9 Å². The maximum atomic E-state index is 9.10. The summed E-state index contributed by atoms with van der Waals surface area (Å²) in [5.74, 6) is 0.523. The van der Waals surface area contributed by atoms with Crippen molar-refractivity contribution in [2.75, 3.05) is 5.32 Å². The molecule has 0 atom stereocenters. The van der Waals surface area contributed by atoms with Crippen LogP contribution in [-0.2, 0) is 0 Å². The highest BCUT2D eigenvalue weighted by Gasteiger charge is 2.04. The zero-order valence-corrected chi connectivity index (χ0v) is 12.5. The fourth-order valence-corrected chi connectivity index (χ4v) is 2.19. The number of rotatable bonds is 3. The van der Waals surface area contributed by atoms with E-state index < -0.39 is 0 Å². The predicted molar refractivity (Wildman–Crippen MR) is 82.7 cm³/mol. The largest absolute Gasteiger partial charge is 0.354 e. The number of anilines is 2. The summed E-state index contributed by atoms with van der Waals surface area (Å²) in [6, 6.07) is 16.1. The summed E-state index contributed by atoms with van der Waals surface area (Å²) in [4.78, 5) is 0. The molecular weight excluding hydrogens is 300 g/mol. The maximum Gasteiger partial charge on any atom is 0.101 e. The minimum atomic E-state index is 0.523. The molecule has 0 radical (unpaired) electrons. The molecule has 0 heterocycles. The van der Waals surface area contributed by atoms with Gasteiger partial charge in [0.1, 0.15) is 6.07 Å². The molecule has 1 N–H and O–H groups in total. The van der Waals surface area contributed by atoms with E-state index in [1.807, 2.05) is 24.3 Å². The SMILES string of the molecule is CC(C)c1ccc(Nc2cc(Br)ccc2C#N)cc1. The van der Waals surface area contributed by atoms with Crippen LogP contribution in [0.2, 0.25) is 0 Å². The van der Waals surface area contributed by atoms with Gasteiger partial charge in [-0.1, -0.05) is 41.9 Å². The fraction of sp³-hybridized carbons (Fsp3) is 0.188. The molecule has 3 heteroatoms. The van der Waals surface area contributed by atoms with E-state index in [2.05, 4.69) is 53.3 Å². The van der Waals surface area contributed by atoms with Crippen molar-refractivity contribution in [2.24, 2.45) is 0 Å². The average Bonchev–Trinajstić information content (AvgIpc) is 2.39. The summed E-state index contributed by atoms with van der Waals surface area (Å²) >= 11 is 3.42. The molecule has 96 valence electrons. The Labute approximate surface area is 122 Å². The zero-order valence-electron chi connectivity index (χ0n) is 10.9. The highest BCUT2D eigenvalue weighted by molar-refractivity contribution is 9.10. The molecule has 0 fully saturated rings. The molecule has 0 unspecified atom stereocenters. The Hall–Kier alpha value is -1.79. The van der Waals surface area contributed by atoms with E-state index in [0.29, 0.717) is 11.5 Å². The number of benzene rings is 2. The maximum absolute atomic E-state index is 9.10. The molecule has 0 spiro atoms. The van der Waals surface area contributed by atoms with Crippen LogP contribution in [0.5, 0.6) is 0 Å². The number of nitrogens with one attached hydrogen (secondary N) is 1. The van der Waals surface area contributed by atoms with Gasteiger partial charge in [0.15, 0.2) is 0 Å². The van der Waals surface area contributed by atoms with Gasteiger partial charge in [-0.2, -0.15) is 5.26 Å². The Bertz CT molecular complexity index is 610. The average molecular weight is 315 g/mol. The molecule has 2 aromatic rings. The van der Waals surface area contributed by atoms with Gasteiger partial charge in [-0.05, 0) is 41.8 Å². The zero-order chi connectivity index (χ0) is 13.8. The van der Waals surface area contributed by atoms with Crippen molar-refractivity contribution >= 4 is 27.3 Å². The summed E-state index contributed by atoms with van der Waals surface area (Å²) in [6.07, 6.45) is 0. The number of nitrogens with zero attached hydrogens (tertiary/aromatic N) is 1. The minimum Gasteiger partial charge on any atom is -0.354 e. The lowest BCUT2D eigenvalue weighted by atomic mass is 10.0. The molecule has 0 bridgehead atoms. The second-order valence-electron chi connectivity index (χ2n) is 4.70. The highest BCUT2D eigenvalue weighted by Crippen LogP contribution is 2.25. The Morgan fingerprint density at radius 2 is 1.79 bits per heavy atom. The summed E-state index contributed by atoms with van der Waals surface area (Å²) in [5, 5.41) is 12.4. The predicted octanol–water partition coefficient (Wildman–Crippen LogP) is 5.19. The van der Waals surface area contributed by atoms with E-state index in [0.717, 1.165) is 15.8 Å². The first kappa shape index (κ1) is 13.6. The van der Waals surface area contributed by atoms with E-state index >= 15 is 0 Å². The molecule has 0 aliphatic heterocycles. The molecule has 0 aliphatic carbocycles. The van der Waals surface area contributed by atoms with Crippen LogP contribution in [0.25, 0.3) is 0 Å². The number of nitriles is 1. The van der Waals surface area contributed by atoms with Crippen molar-refractivity contribution in [1.82, 2.24) is 0 Å². The van der Waals surface area contributed by atoms with Gasteiger partial charge in [0.05, 0.1) is 11.3 Å². The molecule has 0 aliphatic rings. The van der Waals surface area contributed by atoms with Crippen LogP contribution in [0, 0.1) is 11.3 Å². The molecule has 19 heavy (non-hydrogen) atoms. The van der Waals surface area contributed by atoms with Crippen LogP contribution in [0.4, 0.5) is 11.4 Å². The lowest BCUT2D eigenvalue weighted by molar-refractivity contribution is 0.867. The third-order valence-electron chi connectivity index (χ3n) is 2.96. The standard InChI is InChI=1S/C16H15BrN2/c1-11(2)12-4-7-15(8-5-12)19-16-9-14(17)6-3-13(16)10-18/h3-9,11,19H,1-2H3. The summed E-state index contributed by atoms with van der Waals surface area (Å²) in [7, 11) is 0. The Kier molecular flexibility index (Phi) is 4.24. The van der Waals surface area contributed by atoms with Crippen LogP contribution < -0.4 is 5.32 Å². The van der Waals surface area contributed by atoms with Gasteiger partial charge in [0.2, 0.25) is 0 Å². The van der Waals surface area contributed by atoms with Crippen molar-refractivity contribution in [1.29, 1.82) is 5.26 Å². The monoisotopic (exact) mass is 314 g/mol. The van der Waals surface area contributed by atoms with Crippen molar-refractivity contribution in [3.8, 4) is 6.07 Å². The van der Waals surface area contributed by atoms with Crippen molar-refractivity contribution in [2.45, 2.75) is 19.8 Å². The Morgan fingerprint density at radius 1 is 1.11 bits per heavy atom. The third kappa shape index (κ3) is 3.36. The van der Waals surface area contributed by atoms with E-state index in [-0.39, 0.29) is 0 Å². The van der Waals surface area contributed by atoms with Crippen LogP contribution in [-0.4, -0.2) is 0 Å². The van der Waals surface area contributed by atoms with Gasteiger partial charge >= 0.3 is 0 Å². The number of hydrogen-bond acceptors (Lipinski definition) is 2. The third-order valence-corrected chi connectivity index (χ3v) is 3.45. The molecular formula is C16H15BrN2. The molecule has 2 nitrogen and oxygen atoms in total. The van der Waals surface area contributed by atoms with Gasteiger partial charge in [-0.25, -0.2) is 0 Å². The molecule has 2 rings (SSSR count). The van der Waals surface area contributed by atoms with Crippen LogP contribution >= 0.6 is 15.9 Å². The lowest BCUT2D eigenvalue weighted by Gasteiger charge is -2.10. The second-order valence-corrected chi connectivity index (χ2v) is 5.62. The van der Waals surface area contributed by atoms with E-state index in [1.165, 1.54) is 5.56 Å². The van der Waals surface area contributed by atoms with Gasteiger partial charge < -0.3 is 5.32 Å². The Balaban J connectivity index is 2.26. The second kappa shape index (κ2) is 5.90. The van der Waals surface area contributed by atoms with Crippen molar-refractivity contribution in [3.05, 3.63) is 58.1 Å². The first-order valence-electron chi connectivity index (χ1n) is 6.17. The molecule has 0 saturated carbocycles. The summed E-state index contributed by atoms with van der Waals surface area (Å²) < 4.78 is 0.952. The first-order valence-corrected chi connectivity index (χ1v) is 6.96. The quantitative estimate of drug-likeness (QED) is 0.846. The topological polar surface area (TPSA) is 35.8 Å². The summed E-state index contributed by atoms with van der Waals surface area (Å²) in [6.45, 7) is 4.34. The lowest BCUT2D eigenvalue weighted by Crippen LogP contribution is -1.94. The molecule has 2 aromatic carbocycles. The minimum absolute atomic E-state index is 0.523. The fourth-order valence-electron chi connectivity index (χ4n) is 1.82. The van der Waals surface area contributed by atoms with E-state index in [1.54, 1.807) is 6.07 Å². The Morgan fingerprint density at radius 3 is 2.37 bits per heavy atom. The van der Waals surface area contributed by atoms with Crippen LogP contribution in [0.3, 0.4) is 0 Å². The van der Waals surface area contributed by atoms with Gasteiger partial charge in [-0.15, -0.1) is 0 Å². The first-order chi connectivity index (χ1) is 9.10. The van der Waals surface area contributed by atoms with Crippen molar-refractivity contribution < 1.29 is 0 Å².